The van der Waals surface area contributed by atoms with Crippen LogP contribution in [-0.2, 0) is 5.41 Å². The summed E-state index contributed by atoms with van der Waals surface area (Å²) in [6, 6.07) is 11.9. The quantitative estimate of drug-likeness (QED) is 0.635. The molecule has 0 aliphatic rings. The summed E-state index contributed by atoms with van der Waals surface area (Å²) in [6.07, 6.45) is 4.54. The van der Waals surface area contributed by atoms with Crippen molar-refractivity contribution in [2.45, 2.75) is 37.5 Å². The van der Waals surface area contributed by atoms with Gasteiger partial charge in [-0.15, -0.1) is 11.8 Å². The summed E-state index contributed by atoms with van der Waals surface area (Å²) in [5, 5.41) is 2.98. The van der Waals surface area contributed by atoms with E-state index in [9.17, 15) is 4.79 Å². The molecule has 0 spiro atoms. The number of rotatable bonds is 6. The zero-order valence-corrected chi connectivity index (χ0v) is 14.8. The fraction of sp³-hybridized carbons (Fsp3) is 0.368. The standard InChI is InChI=1S/C19H24N2OS/c1-19(2,3)16-7-5-15(6-8-16)18(22)21-11-4-14-23-17-9-12-20-13-10-17/h5-10,12-13H,4,11,14H2,1-3H3,(H,21,22). The van der Waals surface area contributed by atoms with E-state index in [1.807, 2.05) is 36.4 Å². The lowest BCUT2D eigenvalue weighted by Crippen LogP contribution is -2.25. The molecule has 1 heterocycles. The van der Waals surface area contributed by atoms with Gasteiger partial charge in [-0.2, -0.15) is 0 Å². The molecule has 0 unspecified atom stereocenters. The van der Waals surface area contributed by atoms with E-state index in [-0.39, 0.29) is 11.3 Å². The SMILES string of the molecule is CC(C)(C)c1ccc(C(=O)NCCCSc2ccncc2)cc1. The van der Waals surface area contributed by atoms with Crippen molar-refractivity contribution < 1.29 is 4.79 Å². The lowest BCUT2D eigenvalue weighted by atomic mass is 9.87. The normalized spacial score (nSPS) is 11.3. The molecule has 2 rings (SSSR count). The summed E-state index contributed by atoms with van der Waals surface area (Å²) in [6.45, 7) is 7.20. The van der Waals surface area contributed by atoms with Gasteiger partial charge in [-0.25, -0.2) is 0 Å². The molecule has 4 heteroatoms. The van der Waals surface area contributed by atoms with Crippen LogP contribution < -0.4 is 5.32 Å². The Morgan fingerprint density at radius 3 is 2.35 bits per heavy atom. The summed E-state index contributed by atoms with van der Waals surface area (Å²) in [7, 11) is 0. The predicted molar refractivity (Wildman–Crippen MR) is 97.1 cm³/mol. The van der Waals surface area contributed by atoms with Gasteiger partial charge >= 0.3 is 0 Å². The summed E-state index contributed by atoms with van der Waals surface area (Å²) < 4.78 is 0. The van der Waals surface area contributed by atoms with Crippen molar-refractivity contribution in [2.24, 2.45) is 0 Å². The molecule has 23 heavy (non-hydrogen) atoms. The third-order valence-electron chi connectivity index (χ3n) is 3.54. The Balaban J connectivity index is 1.72. The van der Waals surface area contributed by atoms with E-state index >= 15 is 0 Å². The number of benzene rings is 1. The van der Waals surface area contributed by atoms with E-state index in [4.69, 9.17) is 0 Å². The van der Waals surface area contributed by atoms with Crippen LogP contribution in [0.3, 0.4) is 0 Å². The molecule has 1 amide bonds. The van der Waals surface area contributed by atoms with Crippen molar-refractivity contribution in [1.82, 2.24) is 10.3 Å². The topological polar surface area (TPSA) is 42.0 Å². The third kappa shape index (κ3) is 5.71. The van der Waals surface area contributed by atoms with Crippen molar-refractivity contribution in [2.75, 3.05) is 12.3 Å². The molecule has 0 saturated carbocycles. The van der Waals surface area contributed by atoms with Crippen LogP contribution in [0.25, 0.3) is 0 Å². The van der Waals surface area contributed by atoms with Crippen molar-refractivity contribution >= 4 is 17.7 Å². The van der Waals surface area contributed by atoms with Crippen LogP contribution in [0.5, 0.6) is 0 Å². The molecule has 3 nitrogen and oxygen atoms in total. The third-order valence-corrected chi connectivity index (χ3v) is 4.64. The molecule has 1 aromatic carbocycles. The van der Waals surface area contributed by atoms with Crippen LogP contribution in [0.15, 0.2) is 53.7 Å². The predicted octanol–water partition coefficient (Wildman–Crippen LogP) is 4.29. The highest BCUT2D eigenvalue weighted by molar-refractivity contribution is 7.99. The van der Waals surface area contributed by atoms with Crippen molar-refractivity contribution in [3.8, 4) is 0 Å². The molecule has 122 valence electrons. The second kappa shape index (κ2) is 8.16. The number of amides is 1. The van der Waals surface area contributed by atoms with E-state index in [1.165, 1.54) is 10.5 Å². The molecule has 0 aliphatic heterocycles. The Kier molecular flexibility index (Phi) is 6.22. The summed E-state index contributed by atoms with van der Waals surface area (Å²) in [5.74, 6) is 0.979. The van der Waals surface area contributed by atoms with Gasteiger partial charge in [0.2, 0.25) is 0 Å². The smallest absolute Gasteiger partial charge is 0.251 e. The van der Waals surface area contributed by atoms with Crippen LogP contribution in [0.1, 0.15) is 43.1 Å². The van der Waals surface area contributed by atoms with Gasteiger partial charge in [-0.1, -0.05) is 32.9 Å². The maximum Gasteiger partial charge on any atom is 0.251 e. The second-order valence-electron chi connectivity index (χ2n) is 6.47. The average Bonchev–Trinajstić information content (AvgIpc) is 2.54. The van der Waals surface area contributed by atoms with Gasteiger partial charge in [0.1, 0.15) is 0 Å². The molecule has 0 bridgehead atoms. The molecule has 0 aliphatic carbocycles. The van der Waals surface area contributed by atoms with Crippen LogP contribution in [0, 0.1) is 0 Å². The first kappa shape index (κ1) is 17.5. The first-order chi connectivity index (χ1) is 11.0. The Morgan fingerprint density at radius 1 is 1.09 bits per heavy atom. The summed E-state index contributed by atoms with van der Waals surface area (Å²) in [5.41, 5.74) is 2.07. The number of hydrogen-bond acceptors (Lipinski definition) is 3. The Labute approximate surface area is 142 Å². The van der Waals surface area contributed by atoms with E-state index in [0.717, 1.165) is 17.7 Å². The first-order valence-electron chi connectivity index (χ1n) is 7.88. The van der Waals surface area contributed by atoms with Crippen molar-refractivity contribution in [3.05, 3.63) is 59.9 Å². The molecule has 0 saturated heterocycles. The number of pyridine rings is 1. The largest absolute Gasteiger partial charge is 0.352 e. The maximum absolute atomic E-state index is 12.1. The maximum atomic E-state index is 12.1. The van der Waals surface area contributed by atoms with Gasteiger partial charge in [0, 0.05) is 29.4 Å². The van der Waals surface area contributed by atoms with E-state index in [1.54, 1.807) is 24.2 Å². The Morgan fingerprint density at radius 2 is 1.74 bits per heavy atom. The highest BCUT2D eigenvalue weighted by Gasteiger charge is 2.14. The van der Waals surface area contributed by atoms with Crippen LogP contribution >= 0.6 is 11.8 Å². The summed E-state index contributed by atoms with van der Waals surface area (Å²) in [4.78, 5) is 17.3. The number of carbonyl (C=O) groups excluding carboxylic acids is 1. The number of thioether (sulfide) groups is 1. The van der Waals surface area contributed by atoms with Gasteiger partial charge in [-0.3, -0.25) is 9.78 Å². The van der Waals surface area contributed by atoms with Crippen molar-refractivity contribution in [1.29, 1.82) is 0 Å². The van der Waals surface area contributed by atoms with E-state index < -0.39 is 0 Å². The lowest BCUT2D eigenvalue weighted by Gasteiger charge is -2.19. The second-order valence-corrected chi connectivity index (χ2v) is 7.64. The van der Waals surface area contributed by atoms with Gasteiger partial charge < -0.3 is 5.32 Å². The van der Waals surface area contributed by atoms with Gasteiger partial charge in [0.15, 0.2) is 0 Å². The fourth-order valence-corrected chi connectivity index (χ4v) is 2.96. The average molecular weight is 328 g/mol. The molecular formula is C19H24N2OS. The monoisotopic (exact) mass is 328 g/mol. The van der Waals surface area contributed by atoms with Gasteiger partial charge in [-0.05, 0) is 47.4 Å². The highest BCUT2D eigenvalue weighted by Crippen LogP contribution is 2.22. The van der Waals surface area contributed by atoms with E-state index in [2.05, 4.69) is 31.1 Å². The lowest BCUT2D eigenvalue weighted by molar-refractivity contribution is 0.0953. The molecule has 0 atom stereocenters. The first-order valence-corrected chi connectivity index (χ1v) is 8.87. The van der Waals surface area contributed by atoms with Crippen LogP contribution in [0.2, 0.25) is 0 Å². The van der Waals surface area contributed by atoms with Gasteiger partial charge in [0.25, 0.3) is 5.91 Å². The van der Waals surface area contributed by atoms with E-state index in [0.29, 0.717) is 6.54 Å². The number of carbonyl (C=O) groups is 1. The number of aromatic nitrogens is 1. The molecule has 0 fully saturated rings. The Bertz CT molecular complexity index is 618. The van der Waals surface area contributed by atoms with Crippen LogP contribution in [-0.4, -0.2) is 23.2 Å². The van der Waals surface area contributed by atoms with Crippen molar-refractivity contribution in [3.63, 3.8) is 0 Å². The minimum absolute atomic E-state index is 0.000583. The highest BCUT2D eigenvalue weighted by atomic mass is 32.2. The summed E-state index contributed by atoms with van der Waals surface area (Å²) >= 11 is 1.78. The molecule has 1 N–H and O–H groups in total. The molecular weight excluding hydrogens is 304 g/mol. The van der Waals surface area contributed by atoms with Crippen LogP contribution in [0.4, 0.5) is 0 Å². The number of nitrogens with one attached hydrogen (secondary N) is 1. The number of nitrogens with zero attached hydrogens (tertiary/aromatic N) is 1. The minimum atomic E-state index is -0.000583. The molecule has 0 radical (unpaired) electrons. The Hall–Kier alpha value is -1.81. The zero-order chi connectivity index (χ0) is 16.7. The fourth-order valence-electron chi connectivity index (χ4n) is 2.12. The minimum Gasteiger partial charge on any atom is -0.352 e. The number of hydrogen-bond donors (Lipinski definition) is 1. The molecule has 2 aromatic rings. The van der Waals surface area contributed by atoms with Gasteiger partial charge in [0.05, 0.1) is 0 Å². The molecule has 1 aromatic heterocycles. The zero-order valence-electron chi connectivity index (χ0n) is 14.0.